The van der Waals surface area contributed by atoms with Crippen LogP contribution in [0.5, 0.6) is 0 Å². The molecule has 0 saturated heterocycles. The number of urea groups is 1. The normalized spacial score (nSPS) is 11.7. The lowest BCUT2D eigenvalue weighted by Crippen LogP contribution is -2.40. The molecule has 0 radical (unpaired) electrons. The number of nitrogens with zero attached hydrogens (tertiary/aromatic N) is 6. The topological polar surface area (TPSA) is 163 Å². The van der Waals surface area contributed by atoms with E-state index in [0.29, 0.717) is 50.9 Å². The molecule has 0 saturated carbocycles. The van der Waals surface area contributed by atoms with Crippen molar-refractivity contribution in [1.82, 2.24) is 24.3 Å². The van der Waals surface area contributed by atoms with Gasteiger partial charge >= 0.3 is 6.03 Å². The molecule has 4 N–H and O–H groups in total. The second-order valence-corrected chi connectivity index (χ2v) is 12.3. The molecular weight excluding hydrogens is 570 g/mol. The molecule has 230 valence electrons. The predicted molar refractivity (Wildman–Crippen MR) is 175 cm³/mol. The molecule has 0 aliphatic heterocycles. The van der Waals surface area contributed by atoms with Crippen molar-refractivity contribution in [2.45, 2.75) is 45.6 Å². The van der Waals surface area contributed by atoms with Gasteiger partial charge in [-0.2, -0.15) is 15.3 Å². The van der Waals surface area contributed by atoms with Gasteiger partial charge in [-0.15, -0.1) is 0 Å². The van der Waals surface area contributed by atoms with Gasteiger partial charge in [-0.1, -0.05) is 32.9 Å². The first-order valence-electron chi connectivity index (χ1n) is 14.4. The van der Waals surface area contributed by atoms with Crippen molar-refractivity contribution in [3.8, 4) is 22.9 Å². The number of benzene rings is 2. The van der Waals surface area contributed by atoms with Crippen molar-refractivity contribution in [2.75, 3.05) is 29.6 Å². The molecule has 2 aromatic carbocycles. The molecule has 0 aliphatic carbocycles. The van der Waals surface area contributed by atoms with Gasteiger partial charge in [-0.05, 0) is 61.9 Å². The van der Waals surface area contributed by atoms with E-state index in [9.17, 15) is 20.0 Å². The lowest BCUT2D eigenvalue weighted by molar-refractivity contribution is 0.164. The molecule has 45 heavy (non-hydrogen) atoms. The summed E-state index contributed by atoms with van der Waals surface area (Å²) in [4.78, 5) is 36.0. The monoisotopic (exact) mass is 605 g/mol. The van der Waals surface area contributed by atoms with Crippen LogP contribution in [0.25, 0.3) is 27.8 Å². The molecule has 0 unspecified atom stereocenters. The number of nitrogens with one attached hydrogen (secondary N) is 3. The number of anilines is 3. The number of amides is 2. The molecule has 3 heterocycles. The van der Waals surface area contributed by atoms with Gasteiger partial charge in [0, 0.05) is 41.4 Å². The highest BCUT2D eigenvalue weighted by Crippen LogP contribution is 2.28. The SMILES string of the molecule is CNc1ncc2cc(-c3cccc(NC(=O)Nc4cc(C(C)(C)C)nn4-c4ccc(C#N)cc4)c3)c(=O)n(C(C)(C)CO)c2n1. The molecule has 2 amide bonds. The maximum Gasteiger partial charge on any atom is 0.324 e. The van der Waals surface area contributed by atoms with E-state index < -0.39 is 11.6 Å². The number of carbonyl (C=O) groups is 1. The highest BCUT2D eigenvalue weighted by molar-refractivity contribution is 6.00. The molecule has 5 aromatic rings. The molecule has 12 heteroatoms. The third kappa shape index (κ3) is 6.25. The van der Waals surface area contributed by atoms with Crippen LogP contribution in [0.15, 0.2) is 71.7 Å². The van der Waals surface area contributed by atoms with Gasteiger partial charge in [-0.3, -0.25) is 14.7 Å². The Bertz CT molecular complexity index is 2000. The van der Waals surface area contributed by atoms with Crippen LogP contribution in [0.1, 0.15) is 45.9 Å². The summed E-state index contributed by atoms with van der Waals surface area (Å²) in [5.41, 5.74) is 2.18. The number of nitriles is 1. The van der Waals surface area contributed by atoms with E-state index in [0.717, 1.165) is 5.69 Å². The molecule has 0 fully saturated rings. The lowest BCUT2D eigenvalue weighted by atomic mass is 9.92. The first-order valence-corrected chi connectivity index (χ1v) is 14.4. The molecule has 12 nitrogen and oxygen atoms in total. The fraction of sp³-hybridized carbons (Fsp3) is 0.273. The van der Waals surface area contributed by atoms with Crippen LogP contribution < -0.4 is 21.5 Å². The van der Waals surface area contributed by atoms with E-state index in [-0.39, 0.29) is 17.6 Å². The van der Waals surface area contributed by atoms with Crippen LogP contribution in [0.4, 0.5) is 22.2 Å². The fourth-order valence-corrected chi connectivity index (χ4v) is 4.81. The second kappa shape index (κ2) is 11.9. The van der Waals surface area contributed by atoms with E-state index in [1.165, 1.54) is 4.57 Å². The first-order chi connectivity index (χ1) is 21.3. The number of aromatic nitrogens is 5. The fourth-order valence-electron chi connectivity index (χ4n) is 4.81. The number of pyridine rings is 1. The van der Waals surface area contributed by atoms with Crippen LogP contribution in [0.2, 0.25) is 0 Å². The summed E-state index contributed by atoms with van der Waals surface area (Å²) >= 11 is 0. The van der Waals surface area contributed by atoms with Gasteiger partial charge in [0.15, 0.2) is 0 Å². The van der Waals surface area contributed by atoms with E-state index in [1.807, 2.05) is 26.8 Å². The number of fused-ring (bicyclic) bond motifs is 1. The van der Waals surface area contributed by atoms with Crippen LogP contribution in [-0.2, 0) is 11.0 Å². The Kier molecular flexibility index (Phi) is 8.14. The maximum atomic E-state index is 13.9. The maximum absolute atomic E-state index is 13.9. The molecule has 3 aromatic heterocycles. The Hall–Kier alpha value is -5.54. The molecular formula is C33H35N9O3. The number of aliphatic hydroxyl groups is 1. The number of carbonyl (C=O) groups excluding carboxylic acids is 1. The van der Waals surface area contributed by atoms with Crippen molar-refractivity contribution in [3.05, 3.63) is 88.5 Å². The summed E-state index contributed by atoms with van der Waals surface area (Å²) in [7, 11) is 1.69. The molecule has 0 spiro atoms. The molecule has 0 atom stereocenters. The predicted octanol–water partition coefficient (Wildman–Crippen LogP) is 5.23. The van der Waals surface area contributed by atoms with Crippen molar-refractivity contribution in [1.29, 1.82) is 5.26 Å². The average molecular weight is 606 g/mol. The lowest BCUT2D eigenvalue weighted by Gasteiger charge is -2.27. The second-order valence-electron chi connectivity index (χ2n) is 12.3. The Labute approximate surface area is 260 Å². The van der Waals surface area contributed by atoms with Gasteiger partial charge in [0.2, 0.25) is 5.95 Å². The molecule has 0 aliphatic rings. The molecule has 0 bridgehead atoms. The third-order valence-corrected chi connectivity index (χ3v) is 7.35. The largest absolute Gasteiger partial charge is 0.394 e. The van der Waals surface area contributed by atoms with Crippen LogP contribution in [-0.4, -0.2) is 49.1 Å². The van der Waals surface area contributed by atoms with Crippen molar-refractivity contribution >= 4 is 34.5 Å². The summed E-state index contributed by atoms with van der Waals surface area (Å²) in [5, 5.41) is 33.3. The van der Waals surface area contributed by atoms with Crippen molar-refractivity contribution in [3.63, 3.8) is 0 Å². The standard InChI is InChI=1S/C33H35N9O3/c1-32(2,3)26-16-27(42(40-26)24-12-10-20(17-34)11-13-24)38-31(45)37-23-9-7-8-21(14-23)25-15-22-18-36-30(35-6)39-28(22)41(29(25)44)33(4,5)19-43/h7-16,18,43H,19H2,1-6H3,(H,35,36,39)(H2,37,38,45). The highest BCUT2D eigenvalue weighted by atomic mass is 16.3. The number of aliphatic hydroxyl groups excluding tert-OH is 1. The summed E-state index contributed by atoms with van der Waals surface area (Å²) in [6.45, 7) is 9.32. The minimum atomic E-state index is -0.954. The van der Waals surface area contributed by atoms with Crippen molar-refractivity contribution in [2.24, 2.45) is 0 Å². The van der Waals surface area contributed by atoms with Crippen LogP contribution >= 0.6 is 0 Å². The van der Waals surface area contributed by atoms with Gasteiger partial charge in [0.05, 0.1) is 35.2 Å². The van der Waals surface area contributed by atoms with Crippen molar-refractivity contribution < 1.29 is 9.90 Å². The summed E-state index contributed by atoms with van der Waals surface area (Å²) in [6.07, 6.45) is 1.62. The zero-order valence-corrected chi connectivity index (χ0v) is 26.0. The van der Waals surface area contributed by atoms with Gasteiger partial charge < -0.3 is 15.7 Å². The van der Waals surface area contributed by atoms with E-state index in [2.05, 4.69) is 32.0 Å². The minimum Gasteiger partial charge on any atom is -0.394 e. The Balaban J connectivity index is 1.48. The summed E-state index contributed by atoms with van der Waals surface area (Å²) < 4.78 is 3.10. The van der Waals surface area contributed by atoms with Crippen LogP contribution in [0, 0.1) is 11.3 Å². The van der Waals surface area contributed by atoms with E-state index >= 15 is 0 Å². The van der Waals surface area contributed by atoms with Crippen LogP contribution in [0.3, 0.4) is 0 Å². The quantitative estimate of drug-likeness (QED) is 0.196. The minimum absolute atomic E-state index is 0.282. The number of hydrogen-bond donors (Lipinski definition) is 4. The highest BCUT2D eigenvalue weighted by Gasteiger charge is 2.26. The molecule has 5 rings (SSSR count). The zero-order chi connectivity index (χ0) is 32.5. The van der Waals surface area contributed by atoms with Gasteiger partial charge in [-0.25, -0.2) is 14.5 Å². The number of rotatable bonds is 7. The Morgan fingerprint density at radius 3 is 2.40 bits per heavy atom. The summed E-state index contributed by atoms with van der Waals surface area (Å²) in [5.74, 6) is 0.798. The average Bonchev–Trinajstić information content (AvgIpc) is 3.44. The van der Waals surface area contributed by atoms with Gasteiger partial charge in [0.25, 0.3) is 5.56 Å². The zero-order valence-electron chi connectivity index (χ0n) is 26.0. The third-order valence-electron chi connectivity index (χ3n) is 7.35. The van der Waals surface area contributed by atoms with E-state index in [1.54, 1.807) is 86.4 Å². The Morgan fingerprint density at radius 1 is 1.02 bits per heavy atom. The van der Waals surface area contributed by atoms with E-state index in [4.69, 9.17) is 5.10 Å². The first kappa shape index (κ1) is 30.9. The van der Waals surface area contributed by atoms with Gasteiger partial charge in [0.1, 0.15) is 11.5 Å². The number of hydrogen-bond acceptors (Lipinski definition) is 8. The smallest absolute Gasteiger partial charge is 0.324 e. The Morgan fingerprint density at radius 2 is 1.76 bits per heavy atom. The summed E-state index contributed by atoms with van der Waals surface area (Å²) in [6, 6.07) is 19.0.